The second kappa shape index (κ2) is 7.95. The van der Waals surface area contributed by atoms with Crippen molar-refractivity contribution < 1.29 is 18.7 Å². The molecule has 1 fully saturated rings. The Morgan fingerprint density at radius 2 is 2.14 bits per heavy atom. The number of aromatic nitrogens is 1. The van der Waals surface area contributed by atoms with Crippen LogP contribution < -0.4 is 15.0 Å². The van der Waals surface area contributed by atoms with E-state index < -0.39 is 5.92 Å². The molecule has 2 aromatic carbocycles. The Morgan fingerprint density at radius 1 is 1.31 bits per heavy atom. The van der Waals surface area contributed by atoms with Crippen molar-refractivity contribution in [1.82, 2.24) is 10.3 Å². The molecule has 29 heavy (non-hydrogen) atoms. The molecule has 0 radical (unpaired) electrons. The Balaban J connectivity index is 1.42. The maximum absolute atomic E-state index is 12.7. The molecule has 150 valence electrons. The molecule has 0 spiro atoms. The number of benzene rings is 2. The lowest BCUT2D eigenvalue weighted by molar-refractivity contribution is -0.126. The molecule has 2 heterocycles. The number of carbonyl (C=O) groups is 2. The fourth-order valence-corrected chi connectivity index (χ4v) is 3.60. The first kappa shape index (κ1) is 19.0. The minimum absolute atomic E-state index is 0.0700. The van der Waals surface area contributed by atoms with E-state index in [0.29, 0.717) is 36.7 Å². The largest absolute Gasteiger partial charge is 0.494 e. The van der Waals surface area contributed by atoms with Gasteiger partial charge in [0.15, 0.2) is 11.5 Å². The van der Waals surface area contributed by atoms with Crippen LogP contribution in [0.3, 0.4) is 0 Å². The molecule has 1 aromatic heterocycles. The fourth-order valence-electron chi connectivity index (χ4n) is 3.60. The highest BCUT2D eigenvalue weighted by molar-refractivity contribution is 6.01. The summed E-state index contributed by atoms with van der Waals surface area (Å²) in [4.78, 5) is 31.1. The molecule has 0 bridgehead atoms. The quantitative estimate of drug-likeness (QED) is 0.695. The number of hydrogen-bond acceptors (Lipinski definition) is 5. The van der Waals surface area contributed by atoms with Crippen LogP contribution in [-0.2, 0) is 16.1 Å². The topological polar surface area (TPSA) is 84.7 Å². The number of aryl methyl sites for hydroxylation is 1. The number of nitrogens with one attached hydrogen (secondary N) is 1. The first-order valence-corrected chi connectivity index (χ1v) is 9.71. The van der Waals surface area contributed by atoms with Crippen LogP contribution >= 0.6 is 0 Å². The standard InChI is InChI=1S/C22H23N3O4/c1-3-28-19-7-5-4-6-15(19)12-23-22(27)16-10-21(26)25(13-16)17-8-9-20-18(11-17)24-14(2)29-20/h4-9,11,16H,3,10,12-13H2,1-2H3,(H,23,27)/t16-/m1/s1. The molecule has 0 aliphatic carbocycles. The van der Waals surface area contributed by atoms with Gasteiger partial charge in [-0.1, -0.05) is 18.2 Å². The molecule has 7 heteroatoms. The van der Waals surface area contributed by atoms with E-state index in [-0.39, 0.29) is 18.2 Å². The number of ether oxygens (including phenoxy) is 1. The number of hydrogen-bond donors (Lipinski definition) is 1. The second-order valence-corrected chi connectivity index (χ2v) is 7.05. The Labute approximate surface area is 168 Å². The van der Waals surface area contributed by atoms with Crippen LogP contribution in [0.5, 0.6) is 5.75 Å². The predicted octanol–water partition coefficient (Wildman–Crippen LogP) is 3.20. The molecule has 2 amide bonds. The van der Waals surface area contributed by atoms with E-state index in [1.807, 2.05) is 43.3 Å². The van der Waals surface area contributed by atoms with Crippen LogP contribution in [0.25, 0.3) is 11.1 Å². The Morgan fingerprint density at radius 3 is 2.97 bits per heavy atom. The maximum atomic E-state index is 12.7. The zero-order chi connectivity index (χ0) is 20.4. The molecular weight excluding hydrogens is 370 g/mol. The van der Waals surface area contributed by atoms with Crippen molar-refractivity contribution in [2.45, 2.75) is 26.8 Å². The zero-order valence-electron chi connectivity index (χ0n) is 16.5. The molecule has 4 rings (SSSR count). The van der Waals surface area contributed by atoms with Gasteiger partial charge in [-0.3, -0.25) is 9.59 Å². The van der Waals surface area contributed by atoms with E-state index in [1.54, 1.807) is 17.9 Å². The van der Waals surface area contributed by atoms with E-state index in [4.69, 9.17) is 9.15 Å². The van der Waals surface area contributed by atoms with Crippen molar-refractivity contribution in [1.29, 1.82) is 0 Å². The van der Waals surface area contributed by atoms with Crippen LogP contribution in [0.1, 0.15) is 24.8 Å². The van der Waals surface area contributed by atoms with E-state index in [0.717, 1.165) is 17.0 Å². The number of fused-ring (bicyclic) bond motifs is 1. The second-order valence-electron chi connectivity index (χ2n) is 7.05. The van der Waals surface area contributed by atoms with Crippen molar-refractivity contribution in [2.24, 2.45) is 5.92 Å². The van der Waals surface area contributed by atoms with Gasteiger partial charge in [0.25, 0.3) is 0 Å². The van der Waals surface area contributed by atoms with Crippen LogP contribution in [0.2, 0.25) is 0 Å². The lowest BCUT2D eigenvalue weighted by Gasteiger charge is -2.17. The summed E-state index contributed by atoms with van der Waals surface area (Å²) >= 11 is 0. The molecule has 1 aliphatic rings. The van der Waals surface area contributed by atoms with Gasteiger partial charge in [-0.2, -0.15) is 0 Å². The van der Waals surface area contributed by atoms with Crippen molar-refractivity contribution >= 4 is 28.6 Å². The molecule has 1 saturated heterocycles. The molecule has 7 nitrogen and oxygen atoms in total. The highest BCUT2D eigenvalue weighted by atomic mass is 16.5. The Kier molecular flexibility index (Phi) is 5.20. The summed E-state index contributed by atoms with van der Waals surface area (Å²) in [6.45, 7) is 4.98. The van der Waals surface area contributed by atoms with E-state index in [9.17, 15) is 9.59 Å². The number of oxazole rings is 1. The zero-order valence-corrected chi connectivity index (χ0v) is 16.5. The van der Waals surface area contributed by atoms with Crippen LogP contribution in [0.4, 0.5) is 5.69 Å². The number of anilines is 1. The summed E-state index contributed by atoms with van der Waals surface area (Å²) in [7, 11) is 0. The summed E-state index contributed by atoms with van der Waals surface area (Å²) in [6.07, 6.45) is 0.189. The van der Waals surface area contributed by atoms with Gasteiger partial charge < -0.3 is 19.4 Å². The third-order valence-corrected chi connectivity index (χ3v) is 5.01. The molecule has 0 unspecified atom stereocenters. The third-order valence-electron chi connectivity index (χ3n) is 5.01. The monoisotopic (exact) mass is 393 g/mol. The summed E-state index contributed by atoms with van der Waals surface area (Å²) in [5.41, 5.74) is 3.02. The lowest BCUT2D eigenvalue weighted by Crippen LogP contribution is -2.32. The van der Waals surface area contributed by atoms with Gasteiger partial charge in [-0.15, -0.1) is 0 Å². The molecule has 3 aromatic rings. The number of para-hydroxylation sites is 1. The minimum atomic E-state index is -0.392. The summed E-state index contributed by atoms with van der Waals surface area (Å²) in [5.74, 6) is 0.742. The van der Waals surface area contributed by atoms with Crippen molar-refractivity contribution in [3.05, 3.63) is 53.9 Å². The van der Waals surface area contributed by atoms with E-state index in [1.165, 1.54) is 0 Å². The summed E-state index contributed by atoms with van der Waals surface area (Å²) in [5, 5.41) is 2.94. The first-order valence-electron chi connectivity index (χ1n) is 9.71. The molecule has 1 N–H and O–H groups in total. The third kappa shape index (κ3) is 3.94. The Bertz CT molecular complexity index is 1060. The summed E-state index contributed by atoms with van der Waals surface area (Å²) in [6, 6.07) is 13.1. The molecule has 1 aliphatic heterocycles. The number of nitrogens with zero attached hydrogens (tertiary/aromatic N) is 2. The average molecular weight is 393 g/mol. The van der Waals surface area contributed by atoms with Crippen molar-refractivity contribution in [3.8, 4) is 5.75 Å². The molecule has 0 saturated carbocycles. The minimum Gasteiger partial charge on any atom is -0.494 e. The highest BCUT2D eigenvalue weighted by Crippen LogP contribution is 2.28. The first-order chi connectivity index (χ1) is 14.0. The highest BCUT2D eigenvalue weighted by Gasteiger charge is 2.35. The van der Waals surface area contributed by atoms with Gasteiger partial charge in [-0.05, 0) is 31.2 Å². The number of rotatable bonds is 6. The number of amides is 2. The van der Waals surface area contributed by atoms with Crippen molar-refractivity contribution in [2.75, 3.05) is 18.1 Å². The maximum Gasteiger partial charge on any atom is 0.227 e. The lowest BCUT2D eigenvalue weighted by atomic mass is 10.1. The fraction of sp³-hybridized carbons (Fsp3) is 0.318. The van der Waals surface area contributed by atoms with Crippen LogP contribution in [-0.4, -0.2) is 29.9 Å². The van der Waals surface area contributed by atoms with Gasteiger partial charge in [0.2, 0.25) is 11.8 Å². The van der Waals surface area contributed by atoms with Crippen LogP contribution in [0.15, 0.2) is 46.9 Å². The van der Waals surface area contributed by atoms with E-state index >= 15 is 0 Å². The molecule has 1 atom stereocenters. The van der Waals surface area contributed by atoms with Gasteiger partial charge in [0.05, 0.1) is 12.5 Å². The predicted molar refractivity (Wildman–Crippen MR) is 109 cm³/mol. The SMILES string of the molecule is CCOc1ccccc1CNC(=O)[C@@H]1CC(=O)N(c2ccc3oc(C)nc3c2)C1. The molecular formula is C22H23N3O4. The smallest absolute Gasteiger partial charge is 0.227 e. The van der Waals surface area contributed by atoms with Gasteiger partial charge in [0, 0.05) is 37.7 Å². The summed E-state index contributed by atoms with van der Waals surface area (Å²) < 4.78 is 11.1. The van der Waals surface area contributed by atoms with E-state index in [2.05, 4.69) is 10.3 Å². The number of carbonyl (C=O) groups excluding carboxylic acids is 2. The van der Waals surface area contributed by atoms with Crippen LogP contribution in [0, 0.1) is 12.8 Å². The van der Waals surface area contributed by atoms with Gasteiger partial charge in [0.1, 0.15) is 11.3 Å². The van der Waals surface area contributed by atoms with Gasteiger partial charge in [-0.25, -0.2) is 4.98 Å². The average Bonchev–Trinajstić information content (AvgIpc) is 3.28. The van der Waals surface area contributed by atoms with Crippen molar-refractivity contribution in [3.63, 3.8) is 0 Å². The van der Waals surface area contributed by atoms with Gasteiger partial charge >= 0.3 is 0 Å². The normalized spacial score (nSPS) is 16.4. The Hall–Kier alpha value is -3.35.